The van der Waals surface area contributed by atoms with Crippen LogP contribution in [0.1, 0.15) is 22.5 Å². The molecule has 5 nitrogen and oxygen atoms in total. The van der Waals surface area contributed by atoms with E-state index in [9.17, 15) is 4.79 Å². The Hall–Kier alpha value is -1.88. The van der Waals surface area contributed by atoms with E-state index in [2.05, 4.69) is 4.98 Å². The van der Waals surface area contributed by atoms with Gasteiger partial charge in [0.25, 0.3) is 0 Å². The van der Waals surface area contributed by atoms with Crippen molar-refractivity contribution in [1.82, 2.24) is 9.38 Å². The lowest BCUT2D eigenvalue weighted by Gasteiger charge is -1.95. The number of carboxylic acids is 1. The van der Waals surface area contributed by atoms with Crippen molar-refractivity contribution in [3.63, 3.8) is 0 Å². The Morgan fingerprint density at radius 2 is 2.19 bits per heavy atom. The summed E-state index contributed by atoms with van der Waals surface area (Å²) in [5, 5.41) is 17.5. The van der Waals surface area contributed by atoms with Gasteiger partial charge in [-0.2, -0.15) is 0 Å². The van der Waals surface area contributed by atoms with Gasteiger partial charge in [-0.05, 0) is 25.0 Å². The Balaban J connectivity index is 2.34. The van der Waals surface area contributed by atoms with Crippen molar-refractivity contribution in [1.29, 1.82) is 0 Å². The second-order valence-corrected chi connectivity index (χ2v) is 3.55. The minimum atomic E-state index is -0.951. The van der Waals surface area contributed by atoms with Gasteiger partial charge in [0.05, 0.1) is 11.3 Å². The van der Waals surface area contributed by atoms with Crippen LogP contribution in [0.3, 0.4) is 0 Å². The Morgan fingerprint density at radius 1 is 1.38 bits per heavy atom. The Bertz CT molecular complexity index is 519. The maximum Gasteiger partial charge on any atom is 0.337 e. The topological polar surface area (TPSA) is 74.8 Å². The molecule has 0 saturated carbocycles. The highest BCUT2D eigenvalue weighted by atomic mass is 16.4. The quantitative estimate of drug-likeness (QED) is 0.804. The highest BCUT2D eigenvalue weighted by Gasteiger charge is 2.06. The standard InChI is InChI=1S/C11H12N2O3/c14-5-1-2-9-7-13-6-8(11(15)16)3-4-10(13)12-9/h3-4,6-7,14H,1-2,5H2,(H,15,16). The summed E-state index contributed by atoms with van der Waals surface area (Å²) in [6.45, 7) is 0.133. The summed E-state index contributed by atoms with van der Waals surface area (Å²) in [5.41, 5.74) is 1.81. The second-order valence-electron chi connectivity index (χ2n) is 3.55. The van der Waals surface area contributed by atoms with Gasteiger partial charge in [0, 0.05) is 19.0 Å². The van der Waals surface area contributed by atoms with Gasteiger partial charge in [0.1, 0.15) is 5.65 Å². The van der Waals surface area contributed by atoms with Crippen LogP contribution in [0.25, 0.3) is 5.65 Å². The van der Waals surface area contributed by atoms with Crippen LogP contribution >= 0.6 is 0 Å². The van der Waals surface area contributed by atoms with E-state index in [0.29, 0.717) is 12.8 Å². The maximum atomic E-state index is 10.8. The predicted molar refractivity (Wildman–Crippen MR) is 57.6 cm³/mol. The first-order valence-electron chi connectivity index (χ1n) is 5.02. The average Bonchev–Trinajstić information content (AvgIpc) is 2.67. The van der Waals surface area contributed by atoms with Crippen LogP contribution in [0.5, 0.6) is 0 Å². The lowest BCUT2D eigenvalue weighted by atomic mass is 10.3. The molecule has 0 unspecified atom stereocenters. The van der Waals surface area contributed by atoms with Gasteiger partial charge in [-0.1, -0.05) is 0 Å². The molecule has 5 heteroatoms. The Morgan fingerprint density at radius 3 is 2.88 bits per heavy atom. The third-order valence-electron chi connectivity index (χ3n) is 2.34. The number of aromatic nitrogens is 2. The van der Waals surface area contributed by atoms with E-state index in [1.54, 1.807) is 16.7 Å². The van der Waals surface area contributed by atoms with Gasteiger partial charge < -0.3 is 14.6 Å². The molecule has 0 amide bonds. The number of carbonyl (C=O) groups is 1. The zero-order chi connectivity index (χ0) is 11.5. The molecule has 0 saturated heterocycles. The molecule has 0 bridgehead atoms. The molecule has 0 aromatic carbocycles. The van der Waals surface area contributed by atoms with E-state index in [1.807, 2.05) is 0 Å². The van der Waals surface area contributed by atoms with Crippen LogP contribution in [-0.2, 0) is 6.42 Å². The highest BCUT2D eigenvalue weighted by Crippen LogP contribution is 2.09. The molecule has 84 valence electrons. The maximum absolute atomic E-state index is 10.8. The van der Waals surface area contributed by atoms with Crippen LogP contribution in [0, 0.1) is 0 Å². The number of aryl methyl sites for hydroxylation is 1. The van der Waals surface area contributed by atoms with Crippen molar-refractivity contribution in [2.45, 2.75) is 12.8 Å². The summed E-state index contributed by atoms with van der Waals surface area (Å²) in [7, 11) is 0. The second kappa shape index (κ2) is 4.32. The minimum absolute atomic E-state index is 0.133. The third kappa shape index (κ3) is 2.04. The monoisotopic (exact) mass is 220 g/mol. The molecule has 0 spiro atoms. The van der Waals surface area contributed by atoms with Crippen molar-refractivity contribution in [2.75, 3.05) is 6.61 Å². The van der Waals surface area contributed by atoms with E-state index in [1.165, 1.54) is 12.3 Å². The summed E-state index contributed by atoms with van der Waals surface area (Å²) in [5.74, 6) is -0.951. The van der Waals surface area contributed by atoms with Gasteiger partial charge in [0.15, 0.2) is 0 Å². The van der Waals surface area contributed by atoms with Crippen molar-refractivity contribution in [2.24, 2.45) is 0 Å². The number of pyridine rings is 1. The van der Waals surface area contributed by atoms with E-state index >= 15 is 0 Å². The largest absolute Gasteiger partial charge is 0.478 e. The first kappa shape index (κ1) is 10.6. The number of hydrogen-bond acceptors (Lipinski definition) is 3. The molecule has 0 atom stereocenters. The number of aromatic carboxylic acids is 1. The van der Waals surface area contributed by atoms with Crippen LogP contribution in [-0.4, -0.2) is 32.2 Å². The van der Waals surface area contributed by atoms with Gasteiger partial charge >= 0.3 is 5.97 Å². The first-order chi connectivity index (χ1) is 7.70. The number of imidazole rings is 1. The molecule has 0 aliphatic rings. The van der Waals surface area contributed by atoms with E-state index in [4.69, 9.17) is 10.2 Å². The predicted octanol–water partition coefficient (Wildman–Crippen LogP) is 0.957. The summed E-state index contributed by atoms with van der Waals surface area (Å²) >= 11 is 0. The average molecular weight is 220 g/mol. The van der Waals surface area contributed by atoms with Crippen molar-refractivity contribution >= 4 is 11.6 Å². The number of aliphatic hydroxyl groups excluding tert-OH is 1. The summed E-state index contributed by atoms with van der Waals surface area (Å²) in [6.07, 6.45) is 4.68. The number of hydrogen-bond donors (Lipinski definition) is 2. The Labute approximate surface area is 92.0 Å². The zero-order valence-electron chi connectivity index (χ0n) is 8.63. The molecule has 16 heavy (non-hydrogen) atoms. The van der Waals surface area contributed by atoms with Crippen LogP contribution in [0.4, 0.5) is 0 Å². The molecular formula is C11H12N2O3. The van der Waals surface area contributed by atoms with Crippen molar-refractivity contribution < 1.29 is 15.0 Å². The first-order valence-corrected chi connectivity index (χ1v) is 5.02. The number of aliphatic hydroxyl groups is 1. The molecular weight excluding hydrogens is 208 g/mol. The van der Waals surface area contributed by atoms with E-state index in [-0.39, 0.29) is 12.2 Å². The van der Waals surface area contributed by atoms with Gasteiger partial charge in [-0.25, -0.2) is 9.78 Å². The molecule has 2 aromatic heterocycles. The minimum Gasteiger partial charge on any atom is -0.478 e. The lowest BCUT2D eigenvalue weighted by Crippen LogP contribution is -1.97. The number of fused-ring (bicyclic) bond motifs is 1. The normalized spacial score (nSPS) is 10.8. The fraction of sp³-hybridized carbons (Fsp3) is 0.273. The molecule has 2 aromatic rings. The number of carboxylic acid groups (broad SMARTS) is 1. The molecule has 2 N–H and O–H groups in total. The molecule has 0 radical (unpaired) electrons. The summed E-state index contributed by atoms with van der Waals surface area (Å²) < 4.78 is 1.69. The zero-order valence-corrected chi connectivity index (χ0v) is 8.63. The number of rotatable bonds is 4. The molecule has 2 heterocycles. The highest BCUT2D eigenvalue weighted by molar-refractivity contribution is 5.87. The molecule has 0 fully saturated rings. The fourth-order valence-electron chi connectivity index (χ4n) is 1.55. The lowest BCUT2D eigenvalue weighted by molar-refractivity contribution is 0.0696. The molecule has 0 aliphatic carbocycles. The van der Waals surface area contributed by atoms with Crippen LogP contribution in [0.15, 0.2) is 24.5 Å². The number of nitrogens with zero attached hydrogens (tertiary/aromatic N) is 2. The van der Waals surface area contributed by atoms with Crippen LogP contribution < -0.4 is 0 Å². The fourth-order valence-corrected chi connectivity index (χ4v) is 1.55. The molecule has 0 aliphatic heterocycles. The summed E-state index contributed by atoms with van der Waals surface area (Å²) in [4.78, 5) is 15.1. The van der Waals surface area contributed by atoms with E-state index < -0.39 is 5.97 Å². The smallest absolute Gasteiger partial charge is 0.337 e. The van der Waals surface area contributed by atoms with Gasteiger partial charge in [0.2, 0.25) is 0 Å². The van der Waals surface area contributed by atoms with E-state index in [0.717, 1.165) is 11.3 Å². The van der Waals surface area contributed by atoms with Crippen LogP contribution in [0.2, 0.25) is 0 Å². The van der Waals surface area contributed by atoms with Gasteiger partial charge in [-0.15, -0.1) is 0 Å². The summed E-state index contributed by atoms with van der Waals surface area (Å²) in [6, 6.07) is 3.20. The Kier molecular flexibility index (Phi) is 2.87. The SMILES string of the molecule is O=C(O)c1ccc2nc(CCCO)cn2c1. The third-order valence-corrected chi connectivity index (χ3v) is 2.34. The van der Waals surface area contributed by atoms with Crippen molar-refractivity contribution in [3.8, 4) is 0 Å². The van der Waals surface area contributed by atoms with Crippen molar-refractivity contribution in [3.05, 3.63) is 35.8 Å². The molecule has 2 rings (SSSR count). The van der Waals surface area contributed by atoms with Gasteiger partial charge in [-0.3, -0.25) is 0 Å².